The van der Waals surface area contributed by atoms with Crippen LogP contribution in [0.5, 0.6) is 0 Å². The van der Waals surface area contributed by atoms with Crippen molar-refractivity contribution in [1.82, 2.24) is 15.2 Å². The molecule has 1 saturated heterocycles. The van der Waals surface area contributed by atoms with E-state index in [9.17, 15) is 4.79 Å². The summed E-state index contributed by atoms with van der Waals surface area (Å²) in [5.41, 5.74) is 1.13. The second kappa shape index (κ2) is 8.62. The molecular weight excluding hydrogens is 312 g/mol. The predicted octanol–water partition coefficient (Wildman–Crippen LogP) is 2.52. The minimum absolute atomic E-state index is 0.0939. The van der Waals surface area contributed by atoms with E-state index in [1.807, 2.05) is 55.5 Å². The number of amides is 1. The van der Waals surface area contributed by atoms with E-state index in [0.717, 1.165) is 37.4 Å². The number of rotatable bonds is 7. The normalized spacial score (nSPS) is 18.7. The third-order valence-electron chi connectivity index (χ3n) is 4.79. The number of anilines is 1. The van der Waals surface area contributed by atoms with Crippen molar-refractivity contribution in [3.8, 4) is 0 Å². The molecule has 1 aromatic carbocycles. The molecule has 0 unspecified atom stereocenters. The average molecular weight is 338 g/mol. The lowest BCUT2D eigenvalue weighted by molar-refractivity contribution is -0.125. The Morgan fingerprint density at radius 2 is 2.04 bits per heavy atom. The summed E-state index contributed by atoms with van der Waals surface area (Å²) in [6.45, 7) is 5.39. The molecule has 0 saturated carbocycles. The molecule has 1 aliphatic heterocycles. The smallest absolute Gasteiger partial charge is 0.237 e. The Balaban J connectivity index is 1.42. The number of nitrogens with one attached hydrogen (secondary N) is 2. The number of carbonyl (C=O) groups excluding carboxylic acids is 1. The summed E-state index contributed by atoms with van der Waals surface area (Å²) >= 11 is 0. The first-order valence-corrected chi connectivity index (χ1v) is 8.93. The van der Waals surface area contributed by atoms with Crippen LogP contribution in [0.15, 0.2) is 54.7 Å². The second-order valence-electron chi connectivity index (χ2n) is 6.62. The molecule has 0 aliphatic carbocycles. The number of nitrogens with zero attached hydrogens (tertiary/aromatic N) is 2. The summed E-state index contributed by atoms with van der Waals surface area (Å²) < 4.78 is 0. The van der Waals surface area contributed by atoms with Crippen LogP contribution in [0.25, 0.3) is 0 Å². The van der Waals surface area contributed by atoms with Gasteiger partial charge in [-0.2, -0.15) is 0 Å². The van der Waals surface area contributed by atoms with Crippen LogP contribution in [0, 0.1) is 5.92 Å². The van der Waals surface area contributed by atoms with Crippen molar-refractivity contribution in [2.45, 2.75) is 25.9 Å². The standard InChI is InChI=1S/C20H26N4O/c1-16(20(25)23-13-17-7-3-2-4-8-17)24-12-10-18(15-24)14-22-19-9-5-6-11-21-19/h2-9,11,16,18H,10,12-15H2,1H3,(H,21,22)(H,23,25)/t16-,18+/m1/s1. The van der Waals surface area contributed by atoms with Crippen molar-refractivity contribution in [2.24, 2.45) is 5.92 Å². The fourth-order valence-corrected chi connectivity index (χ4v) is 3.20. The molecule has 5 nitrogen and oxygen atoms in total. The number of benzene rings is 1. The largest absolute Gasteiger partial charge is 0.370 e. The molecule has 1 aliphatic rings. The molecular formula is C20H26N4O. The third kappa shape index (κ3) is 5.03. The summed E-state index contributed by atoms with van der Waals surface area (Å²) in [6, 6.07) is 15.8. The third-order valence-corrected chi connectivity index (χ3v) is 4.79. The highest BCUT2D eigenvalue weighted by molar-refractivity contribution is 5.81. The van der Waals surface area contributed by atoms with Gasteiger partial charge in [-0.05, 0) is 43.5 Å². The highest BCUT2D eigenvalue weighted by Crippen LogP contribution is 2.19. The molecule has 2 N–H and O–H groups in total. The van der Waals surface area contributed by atoms with Gasteiger partial charge in [0.1, 0.15) is 5.82 Å². The van der Waals surface area contributed by atoms with Crippen LogP contribution in [0.4, 0.5) is 5.82 Å². The summed E-state index contributed by atoms with van der Waals surface area (Å²) in [5, 5.41) is 6.43. The van der Waals surface area contributed by atoms with Crippen molar-refractivity contribution in [3.05, 3.63) is 60.3 Å². The lowest BCUT2D eigenvalue weighted by Crippen LogP contribution is -2.44. The zero-order chi connectivity index (χ0) is 17.5. The van der Waals surface area contributed by atoms with Crippen molar-refractivity contribution in [3.63, 3.8) is 0 Å². The number of likely N-dealkylation sites (tertiary alicyclic amines) is 1. The van der Waals surface area contributed by atoms with Gasteiger partial charge in [-0.15, -0.1) is 0 Å². The van der Waals surface area contributed by atoms with Gasteiger partial charge in [0.2, 0.25) is 5.91 Å². The predicted molar refractivity (Wildman–Crippen MR) is 100 cm³/mol. The van der Waals surface area contributed by atoms with E-state index < -0.39 is 0 Å². The molecule has 3 rings (SSSR count). The van der Waals surface area contributed by atoms with Gasteiger partial charge >= 0.3 is 0 Å². The molecule has 0 spiro atoms. The van der Waals surface area contributed by atoms with Crippen molar-refractivity contribution >= 4 is 11.7 Å². The SMILES string of the molecule is C[C@H](C(=O)NCc1ccccc1)N1CC[C@@H](CNc2ccccn2)C1. The zero-order valence-corrected chi connectivity index (χ0v) is 14.7. The van der Waals surface area contributed by atoms with E-state index in [4.69, 9.17) is 0 Å². The number of hydrogen-bond acceptors (Lipinski definition) is 4. The Kier molecular flexibility index (Phi) is 6.01. The molecule has 132 valence electrons. The quantitative estimate of drug-likeness (QED) is 0.814. The Hall–Kier alpha value is -2.40. The topological polar surface area (TPSA) is 57.3 Å². The van der Waals surface area contributed by atoms with Gasteiger partial charge in [0.25, 0.3) is 0 Å². The fraction of sp³-hybridized carbons (Fsp3) is 0.400. The molecule has 5 heteroatoms. The summed E-state index contributed by atoms with van der Waals surface area (Å²) in [4.78, 5) is 19.0. The Labute approximate surface area is 149 Å². The van der Waals surface area contributed by atoms with E-state index in [2.05, 4.69) is 20.5 Å². The van der Waals surface area contributed by atoms with E-state index in [0.29, 0.717) is 12.5 Å². The lowest BCUT2D eigenvalue weighted by atomic mass is 10.1. The number of pyridine rings is 1. The second-order valence-corrected chi connectivity index (χ2v) is 6.62. The first-order valence-electron chi connectivity index (χ1n) is 8.93. The van der Waals surface area contributed by atoms with Crippen LogP contribution >= 0.6 is 0 Å². The van der Waals surface area contributed by atoms with Crippen LogP contribution in [0.2, 0.25) is 0 Å². The minimum atomic E-state index is -0.0939. The van der Waals surface area contributed by atoms with Crippen molar-refractivity contribution in [1.29, 1.82) is 0 Å². The maximum atomic E-state index is 12.4. The number of carbonyl (C=O) groups is 1. The molecule has 2 heterocycles. The summed E-state index contributed by atoms with van der Waals surface area (Å²) in [6.07, 6.45) is 2.90. The van der Waals surface area contributed by atoms with Crippen LogP contribution in [-0.2, 0) is 11.3 Å². The average Bonchev–Trinajstić information content (AvgIpc) is 3.14. The highest BCUT2D eigenvalue weighted by Gasteiger charge is 2.29. The Morgan fingerprint density at radius 1 is 1.24 bits per heavy atom. The maximum absolute atomic E-state index is 12.4. The van der Waals surface area contributed by atoms with Gasteiger partial charge in [0, 0.05) is 25.8 Å². The van der Waals surface area contributed by atoms with E-state index in [-0.39, 0.29) is 11.9 Å². The minimum Gasteiger partial charge on any atom is -0.370 e. The molecule has 0 radical (unpaired) electrons. The van der Waals surface area contributed by atoms with Crippen LogP contribution < -0.4 is 10.6 Å². The van der Waals surface area contributed by atoms with Gasteiger partial charge in [0.15, 0.2) is 0 Å². The highest BCUT2D eigenvalue weighted by atomic mass is 16.2. The lowest BCUT2D eigenvalue weighted by Gasteiger charge is -2.23. The van der Waals surface area contributed by atoms with Gasteiger partial charge in [-0.25, -0.2) is 4.98 Å². The van der Waals surface area contributed by atoms with Gasteiger partial charge < -0.3 is 10.6 Å². The van der Waals surface area contributed by atoms with Gasteiger partial charge in [-0.1, -0.05) is 36.4 Å². The van der Waals surface area contributed by atoms with Crippen molar-refractivity contribution in [2.75, 3.05) is 25.0 Å². The summed E-state index contributed by atoms with van der Waals surface area (Å²) in [5.74, 6) is 1.56. The van der Waals surface area contributed by atoms with Crippen molar-refractivity contribution < 1.29 is 4.79 Å². The molecule has 25 heavy (non-hydrogen) atoms. The van der Waals surface area contributed by atoms with Gasteiger partial charge in [0.05, 0.1) is 6.04 Å². The van der Waals surface area contributed by atoms with E-state index in [1.165, 1.54) is 0 Å². The maximum Gasteiger partial charge on any atom is 0.237 e. The van der Waals surface area contributed by atoms with Gasteiger partial charge in [-0.3, -0.25) is 9.69 Å². The summed E-state index contributed by atoms with van der Waals surface area (Å²) in [7, 11) is 0. The Bertz CT molecular complexity index is 662. The van der Waals surface area contributed by atoms with Crippen LogP contribution in [0.3, 0.4) is 0 Å². The van der Waals surface area contributed by atoms with E-state index in [1.54, 1.807) is 6.20 Å². The monoisotopic (exact) mass is 338 g/mol. The first kappa shape index (κ1) is 17.4. The molecule has 1 fully saturated rings. The van der Waals surface area contributed by atoms with Crippen LogP contribution in [-0.4, -0.2) is 41.5 Å². The molecule has 2 aromatic rings. The molecule has 1 aromatic heterocycles. The Morgan fingerprint density at radius 3 is 2.80 bits per heavy atom. The molecule has 1 amide bonds. The number of hydrogen-bond donors (Lipinski definition) is 2. The molecule has 2 atom stereocenters. The van der Waals surface area contributed by atoms with E-state index >= 15 is 0 Å². The first-order chi connectivity index (χ1) is 12.2. The fourth-order valence-electron chi connectivity index (χ4n) is 3.20. The molecule has 0 bridgehead atoms. The zero-order valence-electron chi connectivity index (χ0n) is 14.7. The van der Waals surface area contributed by atoms with Crippen LogP contribution in [0.1, 0.15) is 18.9 Å². The number of aromatic nitrogens is 1.